The highest BCUT2D eigenvalue weighted by atomic mass is 32.2. The summed E-state index contributed by atoms with van der Waals surface area (Å²) < 4.78 is 28.8. The van der Waals surface area contributed by atoms with Crippen molar-refractivity contribution in [2.75, 3.05) is 39.3 Å². The fraction of sp³-hybridized carbons (Fsp3) is 1.00. The number of nitrogens with one attached hydrogen (secondary N) is 1. The van der Waals surface area contributed by atoms with Gasteiger partial charge >= 0.3 is 0 Å². The molecule has 5 nitrogen and oxygen atoms in total. The van der Waals surface area contributed by atoms with Crippen LogP contribution in [0.15, 0.2) is 0 Å². The summed E-state index contributed by atoms with van der Waals surface area (Å²) in [6, 6.07) is 0. The van der Waals surface area contributed by atoms with Crippen LogP contribution >= 0.6 is 0 Å². The van der Waals surface area contributed by atoms with Crippen molar-refractivity contribution in [2.45, 2.75) is 46.5 Å². The van der Waals surface area contributed by atoms with E-state index in [1.165, 1.54) is 0 Å². The van der Waals surface area contributed by atoms with Crippen LogP contribution in [0.5, 0.6) is 0 Å². The van der Waals surface area contributed by atoms with Gasteiger partial charge in [-0.15, -0.1) is 0 Å². The highest BCUT2D eigenvalue weighted by molar-refractivity contribution is 7.86. The van der Waals surface area contributed by atoms with Crippen molar-refractivity contribution in [3.63, 3.8) is 0 Å². The molecule has 1 fully saturated rings. The SMILES string of the molecule is CCCN(CCC)S(=O)(=O)N(CC)CC1CCNCC1. The Bertz CT molecular complexity index is 347. The molecule has 0 saturated carbocycles. The summed E-state index contributed by atoms with van der Waals surface area (Å²) in [7, 11) is -3.29. The summed E-state index contributed by atoms with van der Waals surface area (Å²) in [4.78, 5) is 0. The van der Waals surface area contributed by atoms with Gasteiger partial charge in [0, 0.05) is 26.2 Å². The molecular weight excluding hydrogens is 274 g/mol. The van der Waals surface area contributed by atoms with E-state index in [4.69, 9.17) is 0 Å². The van der Waals surface area contributed by atoms with Crippen molar-refractivity contribution in [1.29, 1.82) is 0 Å². The second kappa shape index (κ2) is 8.97. The third kappa shape index (κ3) is 4.98. The van der Waals surface area contributed by atoms with Crippen LogP contribution in [0.1, 0.15) is 46.5 Å². The highest BCUT2D eigenvalue weighted by Crippen LogP contribution is 2.18. The smallest absolute Gasteiger partial charge is 0.281 e. The summed E-state index contributed by atoms with van der Waals surface area (Å²) in [6.07, 6.45) is 3.88. The van der Waals surface area contributed by atoms with Crippen LogP contribution in [0.2, 0.25) is 0 Å². The van der Waals surface area contributed by atoms with Gasteiger partial charge in [0.1, 0.15) is 0 Å². The van der Waals surface area contributed by atoms with Crippen LogP contribution < -0.4 is 5.32 Å². The van der Waals surface area contributed by atoms with Crippen LogP contribution in [0.3, 0.4) is 0 Å². The Balaban J connectivity index is 2.72. The summed E-state index contributed by atoms with van der Waals surface area (Å²) in [5.41, 5.74) is 0. The minimum absolute atomic E-state index is 0.496. The zero-order chi connectivity index (χ0) is 15.0. The molecule has 6 heteroatoms. The predicted molar refractivity (Wildman–Crippen MR) is 83.9 cm³/mol. The monoisotopic (exact) mass is 305 g/mol. The van der Waals surface area contributed by atoms with Gasteiger partial charge in [-0.1, -0.05) is 20.8 Å². The first-order valence-electron chi connectivity index (χ1n) is 8.02. The minimum Gasteiger partial charge on any atom is -0.317 e. The maximum absolute atomic E-state index is 12.8. The predicted octanol–water partition coefficient (Wildman–Crippen LogP) is 1.67. The third-order valence-corrected chi connectivity index (χ3v) is 5.95. The van der Waals surface area contributed by atoms with Crippen molar-refractivity contribution in [2.24, 2.45) is 5.92 Å². The molecule has 0 aromatic rings. The fourth-order valence-corrected chi connectivity index (χ4v) is 4.62. The lowest BCUT2D eigenvalue weighted by atomic mass is 9.98. The quantitative estimate of drug-likeness (QED) is 0.705. The Morgan fingerprint density at radius 1 is 1.00 bits per heavy atom. The van der Waals surface area contributed by atoms with Crippen LogP contribution in [-0.4, -0.2) is 56.3 Å². The van der Waals surface area contributed by atoms with Crippen LogP contribution in [0.25, 0.3) is 0 Å². The summed E-state index contributed by atoms with van der Waals surface area (Å²) in [5, 5.41) is 3.33. The topological polar surface area (TPSA) is 52.7 Å². The molecule has 0 spiro atoms. The average Bonchev–Trinajstić information content (AvgIpc) is 2.45. The molecule has 1 heterocycles. The van der Waals surface area contributed by atoms with E-state index in [1.54, 1.807) is 8.61 Å². The first-order chi connectivity index (χ1) is 9.56. The van der Waals surface area contributed by atoms with Crippen LogP contribution in [0, 0.1) is 5.92 Å². The van der Waals surface area contributed by atoms with E-state index in [1.807, 2.05) is 20.8 Å². The molecule has 0 aliphatic carbocycles. The molecule has 1 aliphatic rings. The van der Waals surface area contributed by atoms with E-state index < -0.39 is 10.2 Å². The Morgan fingerprint density at radius 2 is 1.55 bits per heavy atom. The molecule has 120 valence electrons. The Kier molecular flexibility index (Phi) is 8.02. The lowest BCUT2D eigenvalue weighted by Crippen LogP contribution is -2.47. The van der Waals surface area contributed by atoms with Crippen LogP contribution in [-0.2, 0) is 10.2 Å². The van der Waals surface area contributed by atoms with Gasteiger partial charge in [-0.2, -0.15) is 17.0 Å². The molecule has 0 aromatic heterocycles. The van der Waals surface area contributed by atoms with Gasteiger partial charge in [0.15, 0.2) is 0 Å². The number of piperidine rings is 1. The van der Waals surface area contributed by atoms with E-state index in [2.05, 4.69) is 5.32 Å². The zero-order valence-corrected chi connectivity index (χ0v) is 14.1. The Morgan fingerprint density at radius 3 is 2.00 bits per heavy atom. The molecule has 0 bridgehead atoms. The van der Waals surface area contributed by atoms with E-state index in [9.17, 15) is 8.42 Å². The molecule has 0 radical (unpaired) electrons. The van der Waals surface area contributed by atoms with Gasteiger partial charge in [0.25, 0.3) is 10.2 Å². The summed E-state index contributed by atoms with van der Waals surface area (Å²) in [6.45, 7) is 10.5. The molecule has 1 rings (SSSR count). The third-order valence-electron chi connectivity index (χ3n) is 3.87. The molecule has 0 atom stereocenters. The van der Waals surface area contributed by atoms with Crippen molar-refractivity contribution in [3.05, 3.63) is 0 Å². The van der Waals surface area contributed by atoms with Gasteiger partial charge < -0.3 is 5.32 Å². The molecule has 0 aromatic carbocycles. The van der Waals surface area contributed by atoms with E-state index in [0.29, 0.717) is 32.1 Å². The number of rotatable bonds is 9. The Labute approximate surface area is 124 Å². The van der Waals surface area contributed by atoms with Crippen molar-refractivity contribution in [1.82, 2.24) is 13.9 Å². The number of hydrogen-bond donors (Lipinski definition) is 1. The molecule has 0 unspecified atom stereocenters. The van der Waals surface area contributed by atoms with Gasteiger partial charge in [-0.3, -0.25) is 0 Å². The van der Waals surface area contributed by atoms with Crippen LogP contribution in [0.4, 0.5) is 0 Å². The maximum Gasteiger partial charge on any atom is 0.281 e. The molecule has 0 amide bonds. The largest absolute Gasteiger partial charge is 0.317 e. The second-order valence-electron chi connectivity index (χ2n) is 5.55. The highest BCUT2D eigenvalue weighted by Gasteiger charge is 2.29. The summed E-state index contributed by atoms with van der Waals surface area (Å²) >= 11 is 0. The lowest BCUT2D eigenvalue weighted by Gasteiger charge is -2.32. The van der Waals surface area contributed by atoms with Gasteiger partial charge in [0.2, 0.25) is 0 Å². The van der Waals surface area contributed by atoms with Gasteiger partial charge in [-0.05, 0) is 44.7 Å². The van der Waals surface area contributed by atoms with Gasteiger partial charge in [-0.25, -0.2) is 0 Å². The van der Waals surface area contributed by atoms with Crippen molar-refractivity contribution < 1.29 is 8.42 Å². The molecule has 1 N–H and O–H groups in total. The number of nitrogens with zero attached hydrogens (tertiary/aromatic N) is 2. The standard InChI is InChI=1S/C14H31N3O2S/c1-4-11-17(12-5-2)20(18,19)16(6-3)13-14-7-9-15-10-8-14/h14-15H,4-13H2,1-3H3. The van der Waals surface area contributed by atoms with Gasteiger partial charge in [0.05, 0.1) is 0 Å². The minimum atomic E-state index is -3.29. The van der Waals surface area contributed by atoms with E-state index >= 15 is 0 Å². The normalized spacial score (nSPS) is 18.1. The number of hydrogen-bond acceptors (Lipinski definition) is 3. The Hall–Kier alpha value is -0.170. The summed E-state index contributed by atoms with van der Waals surface area (Å²) in [5.74, 6) is 0.496. The van der Waals surface area contributed by atoms with Crippen molar-refractivity contribution >= 4 is 10.2 Å². The second-order valence-corrected chi connectivity index (χ2v) is 7.48. The lowest BCUT2D eigenvalue weighted by molar-refractivity contribution is 0.273. The first kappa shape index (κ1) is 17.9. The molecule has 1 aliphatic heterocycles. The van der Waals surface area contributed by atoms with Crippen molar-refractivity contribution in [3.8, 4) is 0 Å². The fourth-order valence-electron chi connectivity index (χ4n) is 2.74. The van der Waals surface area contributed by atoms with E-state index in [-0.39, 0.29) is 0 Å². The molecular formula is C14H31N3O2S. The average molecular weight is 305 g/mol. The molecule has 20 heavy (non-hydrogen) atoms. The molecule has 1 saturated heterocycles. The maximum atomic E-state index is 12.8. The van der Waals surface area contributed by atoms with E-state index in [0.717, 1.165) is 38.8 Å². The zero-order valence-electron chi connectivity index (χ0n) is 13.3. The first-order valence-corrected chi connectivity index (χ1v) is 9.41.